The second-order valence-corrected chi connectivity index (χ2v) is 7.93. The van der Waals surface area contributed by atoms with E-state index < -0.39 is 0 Å². The third-order valence-corrected chi connectivity index (χ3v) is 6.23. The summed E-state index contributed by atoms with van der Waals surface area (Å²) in [6.07, 6.45) is 5.96. The van der Waals surface area contributed by atoms with Crippen molar-refractivity contribution < 1.29 is 9.90 Å². The van der Waals surface area contributed by atoms with Crippen molar-refractivity contribution in [3.8, 4) is 0 Å². The zero-order chi connectivity index (χ0) is 20.4. The quantitative estimate of drug-likeness (QED) is 0.809. The molecule has 4 rings (SSSR count). The number of amides is 1. The van der Waals surface area contributed by atoms with Gasteiger partial charge in [0.15, 0.2) is 0 Å². The average molecular weight is 393 g/mol. The number of hydrogen-bond acceptors (Lipinski definition) is 5. The molecule has 1 aliphatic carbocycles. The van der Waals surface area contributed by atoms with E-state index in [1.807, 2.05) is 11.0 Å². The zero-order valence-corrected chi connectivity index (χ0v) is 17.0. The molecule has 152 valence electrons. The van der Waals surface area contributed by atoms with Crippen LogP contribution in [-0.4, -0.2) is 52.1 Å². The van der Waals surface area contributed by atoms with Gasteiger partial charge in [0.1, 0.15) is 12.1 Å². The highest BCUT2D eigenvalue weighted by Crippen LogP contribution is 2.36. The van der Waals surface area contributed by atoms with Gasteiger partial charge in [-0.1, -0.05) is 24.8 Å². The molecule has 1 amide bonds. The van der Waals surface area contributed by atoms with Crippen molar-refractivity contribution in [2.75, 3.05) is 31.1 Å². The molecule has 0 spiro atoms. The predicted molar refractivity (Wildman–Crippen MR) is 113 cm³/mol. The SMILES string of the molecule is C=CC(=O)N1CCN(c2ncnc3c2CCC(c2cc(CO)ccc2C)C3)CC1. The summed E-state index contributed by atoms with van der Waals surface area (Å²) in [5.41, 5.74) is 5.94. The van der Waals surface area contributed by atoms with E-state index in [1.165, 1.54) is 22.8 Å². The van der Waals surface area contributed by atoms with Crippen LogP contribution < -0.4 is 4.90 Å². The standard InChI is InChI=1S/C23H28N4O2/c1-3-22(29)26-8-10-27(11-9-26)23-19-7-6-18(13-21(19)24-15-25-23)20-12-17(14-28)5-4-16(20)2/h3-5,12,15,18,28H,1,6-11,13-14H2,2H3. The average Bonchev–Trinajstić information content (AvgIpc) is 2.78. The predicted octanol–water partition coefficient (Wildman–Crippen LogP) is 2.38. The van der Waals surface area contributed by atoms with E-state index in [2.05, 4.69) is 40.5 Å². The molecule has 1 aliphatic heterocycles. The first kappa shape index (κ1) is 19.6. The molecular weight excluding hydrogens is 364 g/mol. The number of aromatic nitrogens is 2. The van der Waals surface area contributed by atoms with Crippen LogP contribution in [0.4, 0.5) is 5.82 Å². The van der Waals surface area contributed by atoms with Crippen molar-refractivity contribution in [2.45, 2.75) is 38.7 Å². The number of anilines is 1. The number of hydrogen-bond donors (Lipinski definition) is 1. The van der Waals surface area contributed by atoms with Gasteiger partial charge in [-0.25, -0.2) is 9.97 Å². The van der Waals surface area contributed by atoms with Crippen molar-refractivity contribution in [3.05, 3.63) is 65.1 Å². The molecule has 1 aromatic heterocycles. The maximum Gasteiger partial charge on any atom is 0.246 e. The van der Waals surface area contributed by atoms with E-state index in [9.17, 15) is 9.90 Å². The smallest absolute Gasteiger partial charge is 0.246 e. The van der Waals surface area contributed by atoms with Gasteiger partial charge in [0.2, 0.25) is 5.91 Å². The minimum atomic E-state index is -0.00214. The van der Waals surface area contributed by atoms with Crippen molar-refractivity contribution >= 4 is 11.7 Å². The molecule has 0 radical (unpaired) electrons. The highest BCUT2D eigenvalue weighted by Gasteiger charge is 2.28. The first-order valence-corrected chi connectivity index (χ1v) is 10.3. The molecule has 29 heavy (non-hydrogen) atoms. The van der Waals surface area contributed by atoms with Crippen molar-refractivity contribution in [2.24, 2.45) is 0 Å². The Bertz CT molecular complexity index is 919. The molecule has 0 saturated carbocycles. The molecule has 6 heteroatoms. The van der Waals surface area contributed by atoms with Gasteiger partial charge >= 0.3 is 0 Å². The van der Waals surface area contributed by atoms with Gasteiger partial charge in [0.05, 0.1) is 6.61 Å². The van der Waals surface area contributed by atoms with Crippen LogP contribution in [0.2, 0.25) is 0 Å². The van der Waals surface area contributed by atoms with Crippen LogP contribution in [0.15, 0.2) is 37.2 Å². The van der Waals surface area contributed by atoms with Gasteiger partial charge in [-0.3, -0.25) is 4.79 Å². The number of benzene rings is 1. The molecule has 1 atom stereocenters. The molecule has 0 bridgehead atoms. The van der Waals surface area contributed by atoms with Gasteiger partial charge in [-0.05, 0) is 54.9 Å². The van der Waals surface area contributed by atoms with Crippen molar-refractivity contribution in [3.63, 3.8) is 0 Å². The van der Waals surface area contributed by atoms with Crippen LogP contribution in [0.1, 0.15) is 40.3 Å². The van der Waals surface area contributed by atoms with E-state index in [1.54, 1.807) is 6.33 Å². The number of piperazine rings is 1. The molecule has 6 nitrogen and oxygen atoms in total. The Morgan fingerprint density at radius 3 is 2.79 bits per heavy atom. The number of aryl methyl sites for hydroxylation is 1. The lowest BCUT2D eigenvalue weighted by Crippen LogP contribution is -2.49. The Morgan fingerprint density at radius 2 is 2.07 bits per heavy atom. The molecule has 2 aromatic rings. The topological polar surface area (TPSA) is 69.6 Å². The summed E-state index contributed by atoms with van der Waals surface area (Å²) < 4.78 is 0. The Balaban J connectivity index is 1.53. The summed E-state index contributed by atoms with van der Waals surface area (Å²) in [6, 6.07) is 6.24. The van der Waals surface area contributed by atoms with Crippen LogP contribution in [0.3, 0.4) is 0 Å². The van der Waals surface area contributed by atoms with E-state index in [0.29, 0.717) is 19.0 Å². The lowest BCUT2D eigenvalue weighted by Gasteiger charge is -2.37. The van der Waals surface area contributed by atoms with Crippen LogP contribution in [0.25, 0.3) is 0 Å². The molecule has 1 unspecified atom stereocenters. The van der Waals surface area contributed by atoms with Gasteiger partial charge in [-0.2, -0.15) is 0 Å². The monoisotopic (exact) mass is 392 g/mol. The number of aliphatic hydroxyl groups excluding tert-OH is 1. The number of fused-ring (bicyclic) bond motifs is 1. The van der Waals surface area contributed by atoms with Gasteiger partial charge < -0.3 is 14.9 Å². The summed E-state index contributed by atoms with van der Waals surface area (Å²) in [5.74, 6) is 1.44. The molecule has 1 aromatic carbocycles. The Hall–Kier alpha value is -2.73. The third-order valence-electron chi connectivity index (χ3n) is 6.23. The maximum absolute atomic E-state index is 11.8. The molecule has 2 aliphatic rings. The number of carbonyl (C=O) groups excluding carboxylic acids is 1. The lowest BCUT2D eigenvalue weighted by atomic mass is 9.80. The van der Waals surface area contributed by atoms with E-state index >= 15 is 0 Å². The molecule has 1 fully saturated rings. The second kappa shape index (κ2) is 8.33. The third kappa shape index (κ3) is 3.90. The summed E-state index contributed by atoms with van der Waals surface area (Å²) in [4.78, 5) is 25.2. The summed E-state index contributed by atoms with van der Waals surface area (Å²) in [6.45, 7) is 8.74. The normalized spacial score (nSPS) is 19.0. The minimum Gasteiger partial charge on any atom is -0.392 e. The fourth-order valence-corrected chi connectivity index (χ4v) is 4.56. The summed E-state index contributed by atoms with van der Waals surface area (Å²) >= 11 is 0. The van der Waals surface area contributed by atoms with Crippen LogP contribution in [0, 0.1) is 6.92 Å². The number of aliphatic hydroxyl groups is 1. The van der Waals surface area contributed by atoms with Gasteiger partial charge in [0.25, 0.3) is 0 Å². The Morgan fingerprint density at radius 1 is 1.28 bits per heavy atom. The molecule has 2 heterocycles. The second-order valence-electron chi connectivity index (χ2n) is 7.93. The Kier molecular flexibility index (Phi) is 5.62. The largest absolute Gasteiger partial charge is 0.392 e. The van der Waals surface area contributed by atoms with E-state index in [-0.39, 0.29) is 12.5 Å². The minimum absolute atomic E-state index is 0.00214. The van der Waals surface area contributed by atoms with E-state index in [0.717, 1.165) is 49.4 Å². The van der Waals surface area contributed by atoms with Crippen molar-refractivity contribution in [1.82, 2.24) is 14.9 Å². The van der Waals surface area contributed by atoms with Crippen molar-refractivity contribution in [1.29, 1.82) is 0 Å². The maximum atomic E-state index is 11.8. The zero-order valence-electron chi connectivity index (χ0n) is 17.0. The molecule has 1 saturated heterocycles. The molecular formula is C23H28N4O2. The van der Waals surface area contributed by atoms with Gasteiger partial charge in [-0.15, -0.1) is 0 Å². The Labute approximate surface area is 171 Å². The first-order valence-electron chi connectivity index (χ1n) is 10.3. The van der Waals surface area contributed by atoms with E-state index in [4.69, 9.17) is 0 Å². The van der Waals surface area contributed by atoms with Crippen LogP contribution >= 0.6 is 0 Å². The number of carbonyl (C=O) groups is 1. The number of nitrogens with zero attached hydrogens (tertiary/aromatic N) is 4. The fourth-order valence-electron chi connectivity index (χ4n) is 4.56. The highest BCUT2D eigenvalue weighted by atomic mass is 16.3. The summed E-state index contributed by atoms with van der Waals surface area (Å²) in [7, 11) is 0. The van der Waals surface area contributed by atoms with Gasteiger partial charge in [0, 0.05) is 37.4 Å². The molecule has 1 N–H and O–H groups in total. The number of rotatable bonds is 4. The highest BCUT2D eigenvalue weighted by molar-refractivity contribution is 5.87. The summed E-state index contributed by atoms with van der Waals surface area (Å²) in [5, 5.41) is 9.50. The lowest BCUT2D eigenvalue weighted by molar-refractivity contribution is -0.126. The van der Waals surface area contributed by atoms with Crippen LogP contribution in [0.5, 0.6) is 0 Å². The first-order chi connectivity index (χ1) is 14.1. The van der Waals surface area contributed by atoms with Crippen LogP contribution in [-0.2, 0) is 24.2 Å². The fraction of sp³-hybridized carbons (Fsp3) is 0.435.